The maximum atomic E-state index is 12.1. The molecule has 130 valence electrons. The van der Waals surface area contributed by atoms with E-state index >= 15 is 0 Å². The lowest BCUT2D eigenvalue weighted by molar-refractivity contribution is -0.121. The minimum absolute atomic E-state index is 0.0213. The molecule has 1 aromatic carbocycles. The summed E-state index contributed by atoms with van der Waals surface area (Å²) in [5.41, 5.74) is 1.76. The molecular weight excluding hydrogens is 336 g/mol. The summed E-state index contributed by atoms with van der Waals surface area (Å²) in [5.74, 6) is 1.41. The van der Waals surface area contributed by atoms with E-state index in [2.05, 4.69) is 10.3 Å². The summed E-state index contributed by atoms with van der Waals surface area (Å²) in [4.78, 5) is 17.5. The minimum Gasteiger partial charge on any atom is -0.494 e. The lowest BCUT2D eigenvalue weighted by atomic mass is 10.1. The molecule has 0 spiro atoms. The number of thiophene rings is 1. The van der Waals surface area contributed by atoms with Gasteiger partial charge in [0.25, 0.3) is 0 Å². The van der Waals surface area contributed by atoms with Crippen molar-refractivity contribution in [1.82, 2.24) is 10.3 Å². The molecule has 0 aliphatic rings. The number of para-hydroxylation sites is 1. The number of ether oxygens (including phenoxy) is 1. The first kappa shape index (κ1) is 17.2. The van der Waals surface area contributed by atoms with Crippen molar-refractivity contribution in [2.45, 2.75) is 26.3 Å². The van der Waals surface area contributed by atoms with E-state index in [9.17, 15) is 4.79 Å². The van der Waals surface area contributed by atoms with E-state index in [1.807, 2.05) is 48.7 Å². The molecule has 3 aromatic rings. The van der Waals surface area contributed by atoms with Crippen molar-refractivity contribution >= 4 is 17.2 Å². The summed E-state index contributed by atoms with van der Waals surface area (Å²) in [6.45, 7) is 2.93. The molecule has 1 amide bonds. The van der Waals surface area contributed by atoms with Crippen molar-refractivity contribution in [2.75, 3.05) is 6.61 Å². The van der Waals surface area contributed by atoms with Crippen LogP contribution in [0.4, 0.5) is 0 Å². The fourth-order valence-corrected chi connectivity index (χ4v) is 3.09. The van der Waals surface area contributed by atoms with E-state index in [0.717, 1.165) is 16.2 Å². The van der Waals surface area contributed by atoms with Gasteiger partial charge in [-0.15, -0.1) is 11.3 Å². The second-order valence-corrected chi connectivity index (χ2v) is 6.39. The van der Waals surface area contributed by atoms with E-state index < -0.39 is 0 Å². The highest BCUT2D eigenvalue weighted by Gasteiger charge is 2.10. The third kappa shape index (κ3) is 4.70. The zero-order chi connectivity index (χ0) is 17.5. The van der Waals surface area contributed by atoms with Crippen LogP contribution in [0.5, 0.6) is 5.75 Å². The first-order valence-corrected chi connectivity index (χ1v) is 9.10. The zero-order valence-corrected chi connectivity index (χ0v) is 14.8. The number of aromatic nitrogens is 1. The van der Waals surface area contributed by atoms with Crippen LogP contribution >= 0.6 is 11.3 Å². The standard InChI is InChI=1S/C19H20N2O3S/c1-2-23-16-7-4-3-6-14(16)9-10-18(22)20-12-15-13-24-19(21-15)17-8-5-11-25-17/h3-8,11,13H,2,9-10,12H2,1H3,(H,20,22). The molecule has 0 unspecified atom stereocenters. The lowest BCUT2D eigenvalue weighted by Gasteiger charge is -2.09. The molecule has 0 saturated carbocycles. The number of oxazole rings is 1. The Balaban J connectivity index is 1.49. The molecule has 0 bridgehead atoms. The summed E-state index contributed by atoms with van der Waals surface area (Å²) < 4.78 is 11.0. The molecule has 25 heavy (non-hydrogen) atoms. The van der Waals surface area contributed by atoms with Gasteiger partial charge in [-0.3, -0.25) is 4.79 Å². The Labute approximate surface area is 150 Å². The smallest absolute Gasteiger partial charge is 0.236 e. The molecule has 0 radical (unpaired) electrons. The second-order valence-electron chi connectivity index (χ2n) is 5.44. The van der Waals surface area contributed by atoms with Gasteiger partial charge in [0.2, 0.25) is 11.8 Å². The molecule has 0 aliphatic heterocycles. The normalized spacial score (nSPS) is 10.6. The molecule has 6 heteroatoms. The van der Waals surface area contributed by atoms with Crippen LogP contribution in [-0.4, -0.2) is 17.5 Å². The fourth-order valence-electron chi connectivity index (χ4n) is 2.43. The zero-order valence-electron chi connectivity index (χ0n) is 14.0. The molecule has 2 heterocycles. The topological polar surface area (TPSA) is 64.4 Å². The number of nitrogens with one attached hydrogen (secondary N) is 1. The average Bonchev–Trinajstić information content (AvgIpc) is 3.31. The number of carbonyl (C=O) groups is 1. The van der Waals surface area contributed by atoms with Crippen LogP contribution < -0.4 is 10.1 Å². The fraction of sp³-hybridized carbons (Fsp3) is 0.263. The molecule has 3 rings (SSSR count). The van der Waals surface area contributed by atoms with Gasteiger partial charge in [0.1, 0.15) is 12.0 Å². The van der Waals surface area contributed by atoms with Crippen LogP contribution in [0.1, 0.15) is 24.6 Å². The number of hydrogen-bond acceptors (Lipinski definition) is 5. The first-order chi connectivity index (χ1) is 12.3. The molecule has 0 atom stereocenters. The van der Waals surface area contributed by atoms with Crippen molar-refractivity contribution < 1.29 is 13.9 Å². The number of carbonyl (C=O) groups excluding carboxylic acids is 1. The van der Waals surface area contributed by atoms with Crippen LogP contribution in [0, 0.1) is 0 Å². The number of benzene rings is 1. The quantitative estimate of drug-likeness (QED) is 0.661. The Bertz CT molecular complexity index is 812. The molecule has 0 saturated heterocycles. The Kier molecular flexibility index (Phi) is 5.85. The molecule has 5 nitrogen and oxygen atoms in total. The monoisotopic (exact) mass is 356 g/mol. The van der Waals surface area contributed by atoms with E-state index in [0.29, 0.717) is 37.6 Å². The third-order valence-corrected chi connectivity index (χ3v) is 4.50. The van der Waals surface area contributed by atoms with Gasteiger partial charge in [-0.2, -0.15) is 0 Å². The lowest BCUT2D eigenvalue weighted by Crippen LogP contribution is -2.23. The van der Waals surface area contributed by atoms with Gasteiger partial charge in [-0.25, -0.2) is 4.98 Å². The number of amides is 1. The summed E-state index contributed by atoms with van der Waals surface area (Å²) in [5, 5.41) is 4.85. The van der Waals surface area contributed by atoms with Crippen molar-refractivity contribution in [1.29, 1.82) is 0 Å². The van der Waals surface area contributed by atoms with Crippen LogP contribution in [0.15, 0.2) is 52.5 Å². The number of aryl methyl sites for hydroxylation is 1. The van der Waals surface area contributed by atoms with E-state index in [-0.39, 0.29) is 5.91 Å². The van der Waals surface area contributed by atoms with Crippen LogP contribution in [0.2, 0.25) is 0 Å². The Hall–Kier alpha value is -2.60. The summed E-state index contributed by atoms with van der Waals surface area (Å²) in [6.07, 6.45) is 2.63. The highest BCUT2D eigenvalue weighted by Crippen LogP contribution is 2.23. The van der Waals surface area contributed by atoms with Gasteiger partial charge in [-0.05, 0) is 36.4 Å². The van der Waals surface area contributed by atoms with Gasteiger partial charge >= 0.3 is 0 Å². The number of nitrogens with zero attached hydrogens (tertiary/aromatic N) is 1. The molecule has 0 aliphatic carbocycles. The van der Waals surface area contributed by atoms with Gasteiger partial charge in [-0.1, -0.05) is 24.3 Å². The van der Waals surface area contributed by atoms with E-state index in [1.165, 1.54) is 0 Å². The van der Waals surface area contributed by atoms with Crippen LogP contribution in [0.3, 0.4) is 0 Å². The predicted molar refractivity (Wildman–Crippen MR) is 97.6 cm³/mol. The van der Waals surface area contributed by atoms with Gasteiger partial charge in [0.05, 0.1) is 23.7 Å². The van der Waals surface area contributed by atoms with Gasteiger partial charge < -0.3 is 14.5 Å². The van der Waals surface area contributed by atoms with Crippen molar-refractivity contribution in [3.8, 4) is 16.5 Å². The maximum absolute atomic E-state index is 12.1. The average molecular weight is 356 g/mol. The van der Waals surface area contributed by atoms with Crippen molar-refractivity contribution in [3.63, 3.8) is 0 Å². The van der Waals surface area contributed by atoms with Gasteiger partial charge in [0.15, 0.2) is 0 Å². The predicted octanol–water partition coefficient (Wildman–Crippen LogP) is 4.05. The van der Waals surface area contributed by atoms with E-state index in [1.54, 1.807) is 17.6 Å². The number of hydrogen-bond donors (Lipinski definition) is 1. The van der Waals surface area contributed by atoms with Gasteiger partial charge in [0, 0.05) is 6.42 Å². The Morgan fingerprint density at radius 2 is 2.16 bits per heavy atom. The Morgan fingerprint density at radius 1 is 1.28 bits per heavy atom. The van der Waals surface area contributed by atoms with Crippen LogP contribution in [-0.2, 0) is 17.8 Å². The maximum Gasteiger partial charge on any atom is 0.236 e. The number of rotatable bonds is 8. The largest absolute Gasteiger partial charge is 0.494 e. The highest BCUT2D eigenvalue weighted by molar-refractivity contribution is 7.13. The van der Waals surface area contributed by atoms with Crippen molar-refractivity contribution in [2.24, 2.45) is 0 Å². The molecular formula is C19H20N2O3S. The second kappa shape index (κ2) is 8.48. The summed E-state index contributed by atoms with van der Waals surface area (Å²) >= 11 is 1.57. The molecule has 1 N–H and O–H groups in total. The third-order valence-electron chi connectivity index (χ3n) is 3.64. The first-order valence-electron chi connectivity index (χ1n) is 8.22. The minimum atomic E-state index is -0.0213. The highest BCUT2D eigenvalue weighted by atomic mass is 32.1. The molecule has 2 aromatic heterocycles. The van der Waals surface area contributed by atoms with Crippen molar-refractivity contribution in [3.05, 3.63) is 59.3 Å². The van der Waals surface area contributed by atoms with Crippen LogP contribution in [0.25, 0.3) is 10.8 Å². The Morgan fingerprint density at radius 3 is 2.96 bits per heavy atom. The SMILES string of the molecule is CCOc1ccccc1CCC(=O)NCc1coc(-c2cccs2)n1. The van der Waals surface area contributed by atoms with E-state index in [4.69, 9.17) is 9.15 Å². The molecule has 0 fully saturated rings. The summed E-state index contributed by atoms with van der Waals surface area (Å²) in [6, 6.07) is 11.7. The summed E-state index contributed by atoms with van der Waals surface area (Å²) in [7, 11) is 0.